The van der Waals surface area contributed by atoms with Crippen molar-refractivity contribution in [2.45, 2.75) is 13.1 Å². The third kappa shape index (κ3) is 2.77. The minimum absolute atomic E-state index is 0.247. The minimum Gasteiger partial charge on any atom is -0.493 e. The molecule has 0 fully saturated rings. The number of rotatable bonds is 2. The smallest absolute Gasteiger partial charge is 0.416 e. The number of alkyl halides is 3. The number of pyridine rings is 1. The molecular formula is C16H12F3N3O. The van der Waals surface area contributed by atoms with E-state index in [9.17, 15) is 18.3 Å². The first-order chi connectivity index (χ1) is 10.9. The number of hydrogen-bond donors (Lipinski definition) is 1. The molecule has 0 amide bonds. The molecule has 0 aliphatic heterocycles. The lowest BCUT2D eigenvalue weighted by Gasteiger charge is -2.08. The van der Waals surface area contributed by atoms with Crippen LogP contribution in [0, 0.1) is 6.92 Å². The van der Waals surface area contributed by atoms with Gasteiger partial charge in [0.15, 0.2) is 5.82 Å². The molecule has 0 spiro atoms. The van der Waals surface area contributed by atoms with Crippen molar-refractivity contribution in [3.05, 3.63) is 59.9 Å². The van der Waals surface area contributed by atoms with E-state index in [0.29, 0.717) is 11.5 Å². The van der Waals surface area contributed by atoms with Gasteiger partial charge in [-0.25, -0.2) is 4.98 Å². The lowest BCUT2D eigenvalue weighted by atomic mass is 10.0. The third-order valence-corrected chi connectivity index (χ3v) is 3.38. The fraction of sp³-hybridized carbons (Fsp3) is 0.125. The highest BCUT2D eigenvalue weighted by atomic mass is 19.4. The second kappa shape index (κ2) is 5.42. The van der Waals surface area contributed by atoms with Crippen LogP contribution in [0.5, 0.6) is 5.88 Å². The Morgan fingerprint density at radius 1 is 1.09 bits per heavy atom. The highest BCUT2D eigenvalue weighted by molar-refractivity contribution is 5.72. The normalized spacial score (nSPS) is 11.7. The second-order valence-corrected chi connectivity index (χ2v) is 4.96. The van der Waals surface area contributed by atoms with E-state index in [1.807, 2.05) is 0 Å². The Morgan fingerprint density at radius 3 is 2.52 bits per heavy atom. The van der Waals surface area contributed by atoms with E-state index in [2.05, 4.69) is 10.1 Å². The van der Waals surface area contributed by atoms with E-state index in [1.165, 1.54) is 23.0 Å². The maximum atomic E-state index is 12.9. The Morgan fingerprint density at radius 2 is 1.87 bits per heavy atom. The number of halogens is 3. The number of hydrogen-bond acceptors (Lipinski definition) is 3. The van der Waals surface area contributed by atoms with Gasteiger partial charge in [-0.1, -0.05) is 18.2 Å². The van der Waals surface area contributed by atoms with E-state index in [-0.39, 0.29) is 17.0 Å². The van der Waals surface area contributed by atoms with E-state index < -0.39 is 11.7 Å². The van der Waals surface area contributed by atoms with Crippen LogP contribution < -0.4 is 0 Å². The van der Waals surface area contributed by atoms with Crippen LogP contribution in [0.3, 0.4) is 0 Å². The van der Waals surface area contributed by atoms with Gasteiger partial charge in [0.2, 0.25) is 5.88 Å². The molecule has 2 aromatic heterocycles. The average molecular weight is 319 g/mol. The number of aromatic nitrogens is 3. The largest absolute Gasteiger partial charge is 0.493 e. The van der Waals surface area contributed by atoms with Crippen LogP contribution in [0.25, 0.3) is 16.9 Å². The first-order valence-electron chi connectivity index (χ1n) is 6.75. The Hall–Kier alpha value is -2.83. The van der Waals surface area contributed by atoms with Crippen molar-refractivity contribution in [1.29, 1.82) is 0 Å². The highest BCUT2D eigenvalue weighted by Gasteiger charge is 2.31. The SMILES string of the molecule is Cc1nn(-c2ccccn2)c(O)c1-c1cccc(C(F)(F)F)c1. The summed E-state index contributed by atoms with van der Waals surface area (Å²) in [5.74, 6) is 0.131. The van der Waals surface area contributed by atoms with Gasteiger partial charge < -0.3 is 5.11 Å². The molecule has 3 rings (SSSR count). The van der Waals surface area contributed by atoms with E-state index in [1.54, 1.807) is 25.1 Å². The fourth-order valence-corrected chi connectivity index (χ4v) is 2.34. The van der Waals surface area contributed by atoms with Crippen molar-refractivity contribution < 1.29 is 18.3 Å². The molecule has 7 heteroatoms. The summed E-state index contributed by atoms with van der Waals surface area (Å²) in [6.07, 6.45) is -2.91. The predicted molar refractivity (Wildman–Crippen MR) is 78.2 cm³/mol. The molecule has 2 heterocycles. The topological polar surface area (TPSA) is 50.9 Å². The molecule has 0 atom stereocenters. The van der Waals surface area contributed by atoms with Crippen molar-refractivity contribution in [3.8, 4) is 22.8 Å². The summed E-state index contributed by atoms with van der Waals surface area (Å²) in [5.41, 5.74) is 0.130. The van der Waals surface area contributed by atoms with Crippen LogP contribution in [0.1, 0.15) is 11.3 Å². The summed E-state index contributed by atoms with van der Waals surface area (Å²) in [7, 11) is 0. The lowest BCUT2D eigenvalue weighted by molar-refractivity contribution is -0.137. The van der Waals surface area contributed by atoms with Gasteiger partial charge in [-0.05, 0) is 36.8 Å². The Kier molecular flexibility index (Phi) is 3.55. The number of benzene rings is 1. The molecule has 23 heavy (non-hydrogen) atoms. The number of aryl methyl sites for hydroxylation is 1. The zero-order valence-electron chi connectivity index (χ0n) is 12.0. The van der Waals surface area contributed by atoms with Crippen LogP contribution in [-0.4, -0.2) is 19.9 Å². The number of aromatic hydroxyl groups is 1. The van der Waals surface area contributed by atoms with Crippen LogP contribution in [0.4, 0.5) is 13.2 Å². The van der Waals surface area contributed by atoms with Crippen LogP contribution in [-0.2, 0) is 6.18 Å². The molecule has 1 aromatic carbocycles. The summed E-state index contributed by atoms with van der Waals surface area (Å²) >= 11 is 0. The summed E-state index contributed by atoms with van der Waals surface area (Å²) in [6, 6.07) is 9.86. The zero-order valence-corrected chi connectivity index (χ0v) is 12.0. The molecule has 0 bridgehead atoms. The lowest BCUT2D eigenvalue weighted by Crippen LogP contribution is -2.04. The van der Waals surface area contributed by atoms with Crippen LogP contribution >= 0.6 is 0 Å². The average Bonchev–Trinajstić information content (AvgIpc) is 2.82. The van der Waals surface area contributed by atoms with Gasteiger partial charge in [0, 0.05) is 6.20 Å². The molecule has 0 saturated carbocycles. The molecule has 0 aliphatic rings. The Balaban J connectivity index is 2.14. The molecule has 0 saturated heterocycles. The van der Waals surface area contributed by atoms with Crippen molar-refractivity contribution in [2.75, 3.05) is 0 Å². The molecular weight excluding hydrogens is 307 g/mol. The van der Waals surface area contributed by atoms with Gasteiger partial charge in [0.05, 0.1) is 16.8 Å². The zero-order chi connectivity index (χ0) is 16.6. The van der Waals surface area contributed by atoms with Gasteiger partial charge in [0.25, 0.3) is 0 Å². The molecule has 118 valence electrons. The van der Waals surface area contributed by atoms with E-state index >= 15 is 0 Å². The molecule has 1 N–H and O–H groups in total. The van der Waals surface area contributed by atoms with Crippen LogP contribution in [0.2, 0.25) is 0 Å². The molecule has 3 aromatic rings. The van der Waals surface area contributed by atoms with E-state index in [4.69, 9.17) is 0 Å². The first-order valence-corrected chi connectivity index (χ1v) is 6.75. The quantitative estimate of drug-likeness (QED) is 0.777. The number of nitrogens with zero attached hydrogens (tertiary/aromatic N) is 3. The van der Waals surface area contributed by atoms with Crippen molar-refractivity contribution in [1.82, 2.24) is 14.8 Å². The monoisotopic (exact) mass is 319 g/mol. The fourth-order valence-electron chi connectivity index (χ4n) is 2.34. The van der Waals surface area contributed by atoms with Gasteiger partial charge in [-0.2, -0.15) is 23.0 Å². The van der Waals surface area contributed by atoms with Crippen molar-refractivity contribution >= 4 is 0 Å². The highest BCUT2D eigenvalue weighted by Crippen LogP contribution is 2.37. The molecule has 0 unspecified atom stereocenters. The summed E-state index contributed by atoms with van der Waals surface area (Å²) in [4.78, 5) is 4.08. The van der Waals surface area contributed by atoms with Gasteiger partial charge >= 0.3 is 6.18 Å². The van der Waals surface area contributed by atoms with Gasteiger partial charge in [-0.3, -0.25) is 0 Å². The Labute approximate surface area is 129 Å². The first kappa shape index (κ1) is 15.1. The van der Waals surface area contributed by atoms with Crippen molar-refractivity contribution in [2.24, 2.45) is 0 Å². The maximum Gasteiger partial charge on any atom is 0.416 e. The van der Waals surface area contributed by atoms with Crippen molar-refractivity contribution in [3.63, 3.8) is 0 Å². The standard InChI is InChI=1S/C16H12F3N3O/c1-10-14(11-5-4-6-12(9-11)16(17,18)19)15(23)22(21-10)13-7-2-3-8-20-13/h2-9,23H,1H3. The minimum atomic E-state index is -4.45. The molecule has 0 aliphatic carbocycles. The summed E-state index contributed by atoms with van der Waals surface area (Å²) < 4.78 is 39.8. The predicted octanol–water partition coefficient (Wildman–Crippen LogP) is 3.97. The summed E-state index contributed by atoms with van der Waals surface area (Å²) in [6.45, 7) is 1.62. The van der Waals surface area contributed by atoms with Gasteiger partial charge in [0.1, 0.15) is 0 Å². The Bertz CT molecular complexity index is 842. The molecule has 4 nitrogen and oxygen atoms in total. The molecule has 0 radical (unpaired) electrons. The van der Waals surface area contributed by atoms with Crippen LogP contribution in [0.15, 0.2) is 48.7 Å². The van der Waals surface area contributed by atoms with Gasteiger partial charge in [-0.15, -0.1) is 0 Å². The second-order valence-electron chi connectivity index (χ2n) is 4.96. The third-order valence-electron chi connectivity index (χ3n) is 3.38. The maximum absolute atomic E-state index is 12.9. The van der Waals surface area contributed by atoms with E-state index in [0.717, 1.165) is 12.1 Å². The summed E-state index contributed by atoms with van der Waals surface area (Å²) in [5, 5.41) is 14.6.